The third-order valence-corrected chi connectivity index (χ3v) is 6.91. The Bertz CT molecular complexity index is 974. The van der Waals surface area contributed by atoms with Crippen molar-refractivity contribution < 1.29 is 14.3 Å². The van der Waals surface area contributed by atoms with Gasteiger partial charge < -0.3 is 15.0 Å². The summed E-state index contributed by atoms with van der Waals surface area (Å²) in [6.45, 7) is 4.19. The van der Waals surface area contributed by atoms with Gasteiger partial charge in [-0.2, -0.15) is 0 Å². The summed E-state index contributed by atoms with van der Waals surface area (Å²) >= 11 is 3.11. The second-order valence-corrected chi connectivity index (χ2v) is 8.87. The molecule has 0 aliphatic carbocycles. The summed E-state index contributed by atoms with van der Waals surface area (Å²) in [7, 11) is 0. The van der Waals surface area contributed by atoms with Crippen molar-refractivity contribution in [2.75, 3.05) is 29.9 Å². The van der Waals surface area contributed by atoms with E-state index >= 15 is 0 Å². The highest BCUT2D eigenvalue weighted by Crippen LogP contribution is 2.36. The second-order valence-electron chi connectivity index (χ2n) is 6.58. The van der Waals surface area contributed by atoms with Crippen molar-refractivity contribution >= 4 is 54.9 Å². The van der Waals surface area contributed by atoms with Crippen LogP contribution in [0, 0.1) is 0 Å². The van der Waals surface area contributed by atoms with Crippen molar-refractivity contribution in [1.29, 1.82) is 0 Å². The highest BCUT2D eigenvalue weighted by atomic mass is 32.2. The molecule has 3 heterocycles. The maximum absolute atomic E-state index is 12.6. The number of nitrogens with one attached hydrogen (secondary N) is 1. The van der Waals surface area contributed by atoms with E-state index in [1.54, 1.807) is 42.5 Å². The van der Waals surface area contributed by atoms with Crippen molar-refractivity contribution in [3.8, 4) is 0 Å². The standard InChI is InChI=1S/C20H21N3O3S2/c1-2-26-18(25)13-7-6-8-14(11-13)21-17(24)16-12-15-19(27-16)28-20(22-15)23-9-4-3-5-10-23/h6-8,11-12H,2-5,9-10H2,1H3,(H,21,24). The number of aromatic nitrogens is 1. The van der Waals surface area contributed by atoms with Crippen LogP contribution in [-0.4, -0.2) is 36.6 Å². The highest BCUT2D eigenvalue weighted by Gasteiger charge is 2.19. The number of benzene rings is 1. The number of thiophene rings is 1. The molecular weight excluding hydrogens is 394 g/mol. The summed E-state index contributed by atoms with van der Waals surface area (Å²) in [5, 5.41) is 3.91. The molecule has 0 saturated carbocycles. The summed E-state index contributed by atoms with van der Waals surface area (Å²) in [5.41, 5.74) is 1.86. The first kappa shape index (κ1) is 18.9. The first-order valence-corrected chi connectivity index (χ1v) is 11.0. The maximum Gasteiger partial charge on any atom is 0.338 e. The number of amides is 1. The lowest BCUT2D eigenvalue weighted by Gasteiger charge is -2.25. The second kappa shape index (κ2) is 8.28. The van der Waals surface area contributed by atoms with Crippen LogP contribution in [0.3, 0.4) is 0 Å². The average Bonchev–Trinajstić information content (AvgIpc) is 3.28. The molecule has 8 heteroatoms. The Morgan fingerprint density at radius 1 is 1.18 bits per heavy atom. The monoisotopic (exact) mass is 415 g/mol. The number of esters is 1. The van der Waals surface area contributed by atoms with Crippen molar-refractivity contribution in [3.63, 3.8) is 0 Å². The molecule has 0 unspecified atom stereocenters. The van der Waals surface area contributed by atoms with E-state index in [1.807, 2.05) is 6.07 Å². The van der Waals surface area contributed by atoms with Crippen molar-refractivity contribution in [1.82, 2.24) is 4.98 Å². The van der Waals surface area contributed by atoms with Crippen LogP contribution in [0.1, 0.15) is 46.2 Å². The minimum absolute atomic E-state index is 0.198. The molecule has 0 bridgehead atoms. The molecule has 0 radical (unpaired) electrons. The van der Waals surface area contributed by atoms with Gasteiger partial charge in [0.05, 0.1) is 22.6 Å². The van der Waals surface area contributed by atoms with E-state index < -0.39 is 5.97 Å². The minimum atomic E-state index is -0.398. The molecule has 28 heavy (non-hydrogen) atoms. The van der Waals surface area contributed by atoms with Gasteiger partial charge in [0.15, 0.2) is 5.13 Å². The van der Waals surface area contributed by atoms with Gasteiger partial charge >= 0.3 is 5.97 Å². The zero-order valence-electron chi connectivity index (χ0n) is 15.6. The SMILES string of the molecule is CCOC(=O)c1cccc(NC(=O)c2cc3nc(N4CCCCC4)sc3s2)c1. The van der Waals surface area contributed by atoms with Crippen molar-refractivity contribution in [3.05, 3.63) is 40.8 Å². The maximum atomic E-state index is 12.6. The van der Waals surface area contributed by atoms with E-state index in [9.17, 15) is 9.59 Å². The number of hydrogen-bond acceptors (Lipinski definition) is 7. The van der Waals surface area contributed by atoms with Crippen LogP contribution >= 0.6 is 22.7 Å². The van der Waals surface area contributed by atoms with Crippen LogP contribution in [0.25, 0.3) is 9.53 Å². The largest absolute Gasteiger partial charge is 0.462 e. The predicted molar refractivity (Wildman–Crippen MR) is 114 cm³/mol. The van der Waals surface area contributed by atoms with Gasteiger partial charge in [0.25, 0.3) is 5.91 Å². The normalized spacial score (nSPS) is 14.2. The molecule has 1 fully saturated rings. The molecule has 1 aliphatic heterocycles. The van der Waals surface area contributed by atoms with Crippen LogP contribution in [0.15, 0.2) is 30.3 Å². The Morgan fingerprint density at radius 3 is 2.75 bits per heavy atom. The fourth-order valence-electron chi connectivity index (χ4n) is 3.19. The van der Waals surface area contributed by atoms with Crippen molar-refractivity contribution in [2.24, 2.45) is 0 Å². The Labute approximate surface area is 171 Å². The highest BCUT2D eigenvalue weighted by molar-refractivity contribution is 7.40. The summed E-state index contributed by atoms with van der Waals surface area (Å²) in [6, 6.07) is 8.61. The Kier molecular flexibility index (Phi) is 5.59. The third-order valence-electron chi connectivity index (χ3n) is 4.56. The summed E-state index contributed by atoms with van der Waals surface area (Å²) in [4.78, 5) is 32.1. The van der Waals surface area contributed by atoms with Gasteiger partial charge in [0.2, 0.25) is 0 Å². The lowest BCUT2D eigenvalue weighted by Crippen LogP contribution is -2.29. The number of carbonyl (C=O) groups is 2. The first-order valence-electron chi connectivity index (χ1n) is 9.38. The summed E-state index contributed by atoms with van der Waals surface area (Å²) in [6.07, 6.45) is 3.72. The topological polar surface area (TPSA) is 71.5 Å². The van der Waals surface area contributed by atoms with Crippen LogP contribution in [-0.2, 0) is 4.74 Å². The number of hydrogen-bond donors (Lipinski definition) is 1. The van der Waals surface area contributed by atoms with Gasteiger partial charge in [-0.15, -0.1) is 11.3 Å². The number of fused-ring (bicyclic) bond motifs is 1. The third kappa shape index (κ3) is 4.02. The van der Waals surface area contributed by atoms with Gasteiger partial charge in [-0.1, -0.05) is 17.4 Å². The zero-order chi connectivity index (χ0) is 19.5. The molecule has 1 aromatic carbocycles. The van der Waals surface area contributed by atoms with Gasteiger partial charge in [-0.05, 0) is 50.5 Å². The van der Waals surface area contributed by atoms with Gasteiger partial charge in [0.1, 0.15) is 4.01 Å². The van der Waals surface area contributed by atoms with Crippen LogP contribution < -0.4 is 10.2 Å². The van der Waals surface area contributed by atoms with Gasteiger partial charge in [-0.3, -0.25) is 4.79 Å². The Morgan fingerprint density at radius 2 is 2.00 bits per heavy atom. The van der Waals surface area contributed by atoms with E-state index in [0.29, 0.717) is 22.7 Å². The van der Waals surface area contributed by atoms with Crippen LogP contribution in [0.2, 0.25) is 0 Å². The zero-order valence-corrected chi connectivity index (χ0v) is 17.2. The molecule has 146 valence electrons. The van der Waals surface area contributed by atoms with E-state index in [1.165, 1.54) is 30.6 Å². The van der Waals surface area contributed by atoms with Gasteiger partial charge in [0, 0.05) is 18.8 Å². The first-order chi connectivity index (χ1) is 13.6. The van der Waals surface area contributed by atoms with Crippen LogP contribution in [0.4, 0.5) is 10.8 Å². The molecule has 6 nitrogen and oxygen atoms in total. The molecular formula is C20H21N3O3S2. The molecule has 1 aliphatic rings. The predicted octanol–water partition coefficient (Wildman–Crippen LogP) is 4.78. The fourth-order valence-corrected chi connectivity index (χ4v) is 5.40. The smallest absolute Gasteiger partial charge is 0.338 e. The number of nitrogens with zero attached hydrogens (tertiary/aromatic N) is 2. The molecule has 0 spiro atoms. The molecule has 3 aromatic rings. The Balaban J connectivity index is 1.47. The van der Waals surface area contributed by atoms with Crippen LogP contribution in [0.5, 0.6) is 0 Å². The number of rotatable bonds is 5. The molecule has 2 aromatic heterocycles. The molecule has 4 rings (SSSR count). The quantitative estimate of drug-likeness (QED) is 0.608. The summed E-state index contributed by atoms with van der Waals surface area (Å²) < 4.78 is 6.06. The average molecular weight is 416 g/mol. The molecule has 0 atom stereocenters. The van der Waals surface area contributed by atoms with Gasteiger partial charge in [-0.25, -0.2) is 9.78 Å². The number of ether oxygens (including phenoxy) is 1. The number of carbonyl (C=O) groups excluding carboxylic acids is 2. The lowest BCUT2D eigenvalue weighted by atomic mass is 10.1. The van der Waals surface area contributed by atoms with Crippen molar-refractivity contribution in [2.45, 2.75) is 26.2 Å². The van der Waals surface area contributed by atoms with E-state index in [-0.39, 0.29) is 5.91 Å². The summed E-state index contributed by atoms with van der Waals surface area (Å²) in [5.74, 6) is -0.597. The lowest BCUT2D eigenvalue weighted by molar-refractivity contribution is 0.0526. The van der Waals surface area contributed by atoms with E-state index in [4.69, 9.17) is 9.72 Å². The van der Waals surface area contributed by atoms with E-state index in [0.717, 1.165) is 27.8 Å². The number of anilines is 2. The number of piperidine rings is 1. The number of thiazole rings is 1. The minimum Gasteiger partial charge on any atom is -0.462 e. The fraction of sp³-hybridized carbons (Fsp3) is 0.350. The molecule has 1 amide bonds. The van der Waals surface area contributed by atoms with E-state index in [2.05, 4.69) is 10.2 Å². The molecule has 1 saturated heterocycles. The molecule has 1 N–H and O–H groups in total. The Hall–Kier alpha value is -2.45.